The van der Waals surface area contributed by atoms with Gasteiger partial charge in [-0.05, 0) is 43.9 Å². The van der Waals surface area contributed by atoms with E-state index in [-0.39, 0.29) is 6.04 Å². The van der Waals surface area contributed by atoms with Crippen LogP contribution in [0.5, 0.6) is 0 Å². The summed E-state index contributed by atoms with van der Waals surface area (Å²) < 4.78 is 0. The van der Waals surface area contributed by atoms with Gasteiger partial charge in [-0.1, -0.05) is 60.7 Å². The van der Waals surface area contributed by atoms with Crippen LogP contribution in [0.15, 0.2) is 60.7 Å². The predicted molar refractivity (Wildman–Crippen MR) is 113 cm³/mol. The molecule has 0 unspecified atom stereocenters. The second-order valence-electron chi connectivity index (χ2n) is 8.27. The molecule has 1 aliphatic carbocycles. The van der Waals surface area contributed by atoms with Crippen LogP contribution in [0.2, 0.25) is 0 Å². The summed E-state index contributed by atoms with van der Waals surface area (Å²) in [5.74, 6) is 0. The Hall–Kier alpha value is -1.68. The molecular weight excluding hydrogens is 330 g/mol. The van der Waals surface area contributed by atoms with E-state index in [1.807, 2.05) is 0 Å². The molecule has 0 atom stereocenters. The highest BCUT2D eigenvalue weighted by atomic mass is 15.3. The van der Waals surface area contributed by atoms with Gasteiger partial charge in [0.25, 0.3) is 0 Å². The molecule has 3 nitrogen and oxygen atoms in total. The molecule has 1 N–H and O–H groups in total. The van der Waals surface area contributed by atoms with Gasteiger partial charge < -0.3 is 10.2 Å². The molecule has 144 valence electrons. The summed E-state index contributed by atoms with van der Waals surface area (Å²) in [5.41, 5.74) is 2.73. The van der Waals surface area contributed by atoms with Gasteiger partial charge >= 0.3 is 0 Å². The van der Waals surface area contributed by atoms with Crippen molar-refractivity contribution in [1.82, 2.24) is 15.1 Å². The van der Waals surface area contributed by atoms with E-state index in [0.717, 1.165) is 6.04 Å². The lowest BCUT2D eigenvalue weighted by Gasteiger charge is -2.41. The SMILES string of the molecule is CN1CCN(C2CCC(NC(c3ccccc3)c3ccccc3)CC2)CC1. The minimum Gasteiger partial charge on any atom is -0.304 e. The monoisotopic (exact) mass is 363 g/mol. The number of hydrogen-bond donors (Lipinski definition) is 1. The molecule has 2 fully saturated rings. The van der Waals surface area contributed by atoms with Crippen LogP contribution in [0.4, 0.5) is 0 Å². The van der Waals surface area contributed by atoms with Crippen molar-refractivity contribution in [1.29, 1.82) is 0 Å². The van der Waals surface area contributed by atoms with Crippen LogP contribution in [0.1, 0.15) is 42.9 Å². The molecule has 0 amide bonds. The highest BCUT2D eigenvalue weighted by molar-refractivity contribution is 5.31. The van der Waals surface area contributed by atoms with E-state index in [2.05, 4.69) is 82.8 Å². The van der Waals surface area contributed by atoms with Crippen molar-refractivity contribution in [3.8, 4) is 0 Å². The topological polar surface area (TPSA) is 18.5 Å². The Morgan fingerprint density at radius 2 is 1.26 bits per heavy atom. The smallest absolute Gasteiger partial charge is 0.0578 e. The fraction of sp³-hybridized carbons (Fsp3) is 0.500. The molecular formula is C24H33N3. The zero-order chi connectivity index (χ0) is 18.5. The number of nitrogens with zero attached hydrogens (tertiary/aromatic N) is 2. The van der Waals surface area contributed by atoms with Gasteiger partial charge in [0, 0.05) is 38.3 Å². The Labute approximate surface area is 164 Å². The first-order chi connectivity index (χ1) is 13.3. The van der Waals surface area contributed by atoms with Crippen molar-refractivity contribution in [3.05, 3.63) is 71.8 Å². The Balaban J connectivity index is 1.38. The van der Waals surface area contributed by atoms with Crippen LogP contribution in [-0.2, 0) is 0 Å². The number of rotatable bonds is 5. The van der Waals surface area contributed by atoms with E-state index < -0.39 is 0 Å². The molecule has 3 heteroatoms. The van der Waals surface area contributed by atoms with Crippen molar-refractivity contribution in [2.75, 3.05) is 33.2 Å². The number of benzene rings is 2. The van der Waals surface area contributed by atoms with Gasteiger partial charge in [-0.3, -0.25) is 4.90 Å². The number of likely N-dealkylation sites (N-methyl/N-ethyl adjacent to an activating group) is 1. The van der Waals surface area contributed by atoms with Crippen LogP contribution in [0, 0.1) is 0 Å². The Morgan fingerprint density at radius 1 is 0.741 bits per heavy atom. The summed E-state index contributed by atoms with van der Waals surface area (Å²) in [7, 11) is 2.24. The van der Waals surface area contributed by atoms with Crippen LogP contribution in [0.3, 0.4) is 0 Å². The first-order valence-electron chi connectivity index (χ1n) is 10.6. The summed E-state index contributed by atoms with van der Waals surface area (Å²) in [6, 6.07) is 23.5. The molecule has 27 heavy (non-hydrogen) atoms. The first kappa shape index (κ1) is 18.7. The average Bonchev–Trinajstić information content (AvgIpc) is 2.74. The van der Waals surface area contributed by atoms with Crippen molar-refractivity contribution >= 4 is 0 Å². The second-order valence-corrected chi connectivity index (χ2v) is 8.27. The molecule has 0 bridgehead atoms. The number of hydrogen-bond acceptors (Lipinski definition) is 3. The maximum Gasteiger partial charge on any atom is 0.0578 e. The normalized spacial score (nSPS) is 25.0. The molecule has 1 aliphatic heterocycles. The van der Waals surface area contributed by atoms with Gasteiger partial charge in [0.15, 0.2) is 0 Å². The van der Waals surface area contributed by atoms with Crippen molar-refractivity contribution in [2.24, 2.45) is 0 Å². The van der Waals surface area contributed by atoms with E-state index in [0.29, 0.717) is 6.04 Å². The van der Waals surface area contributed by atoms with Crippen LogP contribution in [0.25, 0.3) is 0 Å². The summed E-state index contributed by atoms with van der Waals surface area (Å²) in [6.07, 6.45) is 5.23. The molecule has 4 rings (SSSR count). The highest BCUT2D eigenvalue weighted by Crippen LogP contribution is 2.28. The van der Waals surface area contributed by atoms with Gasteiger partial charge in [-0.15, -0.1) is 0 Å². The lowest BCUT2D eigenvalue weighted by atomic mass is 9.88. The fourth-order valence-electron chi connectivity index (χ4n) is 4.71. The standard InChI is InChI=1S/C24H33N3/c1-26-16-18-27(19-17-26)23-14-12-22(13-15-23)25-24(20-8-4-2-5-9-20)21-10-6-3-7-11-21/h2-11,22-25H,12-19H2,1H3. The van der Waals surface area contributed by atoms with Gasteiger partial charge in [-0.25, -0.2) is 0 Å². The predicted octanol–water partition coefficient (Wildman–Crippen LogP) is 3.92. The second kappa shape index (κ2) is 9.01. The summed E-state index contributed by atoms with van der Waals surface area (Å²) >= 11 is 0. The number of piperazine rings is 1. The third-order valence-corrected chi connectivity index (χ3v) is 6.42. The zero-order valence-corrected chi connectivity index (χ0v) is 16.6. The van der Waals surface area contributed by atoms with E-state index in [9.17, 15) is 0 Å². The van der Waals surface area contributed by atoms with Gasteiger partial charge in [0.05, 0.1) is 6.04 Å². The van der Waals surface area contributed by atoms with E-state index in [4.69, 9.17) is 0 Å². The average molecular weight is 364 g/mol. The summed E-state index contributed by atoms with van der Waals surface area (Å²) in [4.78, 5) is 5.19. The summed E-state index contributed by atoms with van der Waals surface area (Å²) in [6.45, 7) is 4.94. The van der Waals surface area contributed by atoms with Gasteiger partial charge in [0.1, 0.15) is 0 Å². The van der Waals surface area contributed by atoms with Gasteiger partial charge in [-0.2, -0.15) is 0 Å². The van der Waals surface area contributed by atoms with E-state index in [1.165, 1.54) is 63.0 Å². The largest absolute Gasteiger partial charge is 0.304 e. The quantitative estimate of drug-likeness (QED) is 0.868. The maximum absolute atomic E-state index is 3.99. The molecule has 1 saturated heterocycles. The molecule has 0 spiro atoms. The Bertz CT molecular complexity index is 632. The minimum absolute atomic E-state index is 0.289. The molecule has 0 aromatic heterocycles. The van der Waals surface area contributed by atoms with E-state index >= 15 is 0 Å². The fourth-order valence-corrected chi connectivity index (χ4v) is 4.71. The van der Waals surface area contributed by atoms with Crippen LogP contribution < -0.4 is 5.32 Å². The molecule has 2 aromatic rings. The molecule has 1 heterocycles. The Morgan fingerprint density at radius 3 is 1.78 bits per heavy atom. The Kier molecular flexibility index (Phi) is 6.23. The van der Waals surface area contributed by atoms with Gasteiger partial charge in [0.2, 0.25) is 0 Å². The third-order valence-electron chi connectivity index (χ3n) is 6.42. The summed E-state index contributed by atoms with van der Waals surface area (Å²) in [5, 5.41) is 3.99. The molecule has 2 aromatic carbocycles. The maximum atomic E-state index is 3.99. The lowest BCUT2D eigenvalue weighted by Crippen LogP contribution is -2.51. The molecule has 1 saturated carbocycles. The number of nitrogens with one attached hydrogen (secondary N) is 1. The van der Waals surface area contributed by atoms with Crippen LogP contribution in [-0.4, -0.2) is 55.1 Å². The highest BCUT2D eigenvalue weighted by Gasteiger charge is 2.29. The minimum atomic E-state index is 0.289. The lowest BCUT2D eigenvalue weighted by molar-refractivity contribution is 0.0847. The van der Waals surface area contributed by atoms with Crippen LogP contribution >= 0.6 is 0 Å². The van der Waals surface area contributed by atoms with E-state index in [1.54, 1.807) is 0 Å². The first-order valence-corrected chi connectivity index (χ1v) is 10.6. The van der Waals surface area contributed by atoms with Crippen molar-refractivity contribution < 1.29 is 0 Å². The van der Waals surface area contributed by atoms with Crippen molar-refractivity contribution in [2.45, 2.75) is 43.8 Å². The zero-order valence-electron chi connectivity index (χ0n) is 16.6. The third kappa shape index (κ3) is 4.78. The molecule has 2 aliphatic rings. The molecule has 0 radical (unpaired) electrons. The van der Waals surface area contributed by atoms with Crippen molar-refractivity contribution in [3.63, 3.8) is 0 Å².